The van der Waals surface area contributed by atoms with Crippen LogP contribution in [-0.4, -0.2) is 13.5 Å². The number of primary sulfonamides is 1. The molecular weight excluding hydrogens is 330 g/mol. The average molecular weight is 349 g/mol. The Bertz CT molecular complexity index is 816. The molecule has 0 fully saturated rings. The monoisotopic (exact) mass is 349 g/mol. The smallest absolute Gasteiger partial charge is 0.238 e. The van der Waals surface area contributed by atoms with E-state index in [2.05, 4.69) is 17.6 Å². The second-order valence-corrected chi connectivity index (χ2v) is 7.09. The molecule has 0 heterocycles. The Kier molecular flexibility index (Phi) is 5.35. The van der Waals surface area contributed by atoms with Crippen LogP contribution in [0.25, 0.3) is 0 Å². The van der Waals surface area contributed by atoms with Crippen molar-refractivity contribution < 1.29 is 8.42 Å². The lowest BCUT2D eigenvalue weighted by molar-refractivity contribution is 0.597. The van der Waals surface area contributed by atoms with E-state index < -0.39 is 10.0 Å². The summed E-state index contributed by atoms with van der Waals surface area (Å²) < 4.78 is 23.1. The van der Waals surface area contributed by atoms with Gasteiger partial charge < -0.3 is 10.6 Å². The van der Waals surface area contributed by atoms with Crippen molar-refractivity contribution in [2.45, 2.75) is 25.2 Å². The molecule has 0 saturated carbocycles. The number of aryl methyl sites for hydroxylation is 2. The van der Waals surface area contributed by atoms with Crippen LogP contribution in [0.2, 0.25) is 0 Å². The Balaban J connectivity index is 2.11. The summed E-state index contributed by atoms with van der Waals surface area (Å²) in [5.41, 5.74) is 3.25. The summed E-state index contributed by atoms with van der Waals surface area (Å²) in [6.45, 7) is 3.78. The fraction of sp³-hybridized carbons (Fsp3) is 0.188. The second-order valence-electron chi connectivity index (χ2n) is 5.15. The van der Waals surface area contributed by atoms with Crippen molar-refractivity contribution in [1.29, 1.82) is 0 Å². The van der Waals surface area contributed by atoms with Gasteiger partial charge in [0.1, 0.15) is 0 Å². The van der Waals surface area contributed by atoms with E-state index in [9.17, 15) is 8.42 Å². The van der Waals surface area contributed by atoms with Crippen molar-refractivity contribution in [2.75, 3.05) is 10.6 Å². The maximum Gasteiger partial charge on any atom is 0.238 e. The molecule has 7 heteroatoms. The first-order valence-corrected chi connectivity index (χ1v) is 9.05. The molecule has 0 amide bonds. The molecule has 0 aliphatic carbocycles. The number of nitrogens with two attached hydrogens (primary N) is 1. The Labute approximate surface area is 142 Å². The molecule has 0 atom stereocenters. The highest BCUT2D eigenvalue weighted by molar-refractivity contribution is 7.89. The Morgan fingerprint density at radius 2 is 1.65 bits per heavy atom. The molecule has 0 spiro atoms. The van der Waals surface area contributed by atoms with Gasteiger partial charge in [0.05, 0.1) is 4.90 Å². The van der Waals surface area contributed by atoms with Crippen molar-refractivity contribution in [3.8, 4) is 0 Å². The average Bonchev–Trinajstić information content (AvgIpc) is 2.49. The van der Waals surface area contributed by atoms with Gasteiger partial charge in [-0.15, -0.1) is 0 Å². The summed E-state index contributed by atoms with van der Waals surface area (Å²) in [6, 6.07) is 12.8. The zero-order chi connectivity index (χ0) is 17.0. The molecule has 0 saturated heterocycles. The fourth-order valence-corrected chi connectivity index (χ4v) is 3.15. The van der Waals surface area contributed by atoms with E-state index in [-0.39, 0.29) is 4.90 Å². The van der Waals surface area contributed by atoms with Crippen LogP contribution >= 0.6 is 12.2 Å². The number of thiocarbonyl (C=S) groups is 1. The van der Waals surface area contributed by atoms with Crippen molar-refractivity contribution >= 4 is 38.7 Å². The molecule has 23 heavy (non-hydrogen) atoms. The normalized spacial score (nSPS) is 11.1. The molecule has 0 aromatic heterocycles. The standard InChI is InChI=1S/C16H19N3O2S2/c1-3-12-5-8-13(9-6-12)18-16(22)19-14-7-4-11(2)15(10-14)23(17,20)21/h4-10H,3H2,1-2H3,(H2,17,20,21)(H2,18,19,22). The van der Waals surface area contributed by atoms with E-state index in [0.29, 0.717) is 16.4 Å². The minimum atomic E-state index is -3.76. The van der Waals surface area contributed by atoms with Gasteiger partial charge >= 0.3 is 0 Å². The predicted molar refractivity (Wildman–Crippen MR) is 98.2 cm³/mol. The number of hydrogen-bond acceptors (Lipinski definition) is 3. The van der Waals surface area contributed by atoms with Crippen molar-refractivity contribution in [2.24, 2.45) is 5.14 Å². The predicted octanol–water partition coefficient (Wildman–Crippen LogP) is 3.01. The Morgan fingerprint density at radius 1 is 1.09 bits per heavy atom. The number of rotatable bonds is 4. The number of hydrogen-bond donors (Lipinski definition) is 3. The first-order chi connectivity index (χ1) is 10.8. The van der Waals surface area contributed by atoms with Crippen LogP contribution in [0.4, 0.5) is 11.4 Å². The van der Waals surface area contributed by atoms with Gasteiger partial charge in [-0.2, -0.15) is 0 Å². The molecule has 2 rings (SSSR count). The topological polar surface area (TPSA) is 84.2 Å². The number of nitrogens with one attached hydrogen (secondary N) is 2. The highest BCUT2D eigenvalue weighted by atomic mass is 32.2. The van der Waals surface area contributed by atoms with Gasteiger partial charge in [-0.25, -0.2) is 13.6 Å². The lowest BCUT2D eigenvalue weighted by Gasteiger charge is -2.12. The first kappa shape index (κ1) is 17.4. The van der Waals surface area contributed by atoms with E-state index >= 15 is 0 Å². The Hall–Kier alpha value is -1.96. The molecule has 2 aromatic carbocycles. The zero-order valence-corrected chi connectivity index (χ0v) is 14.6. The van der Waals surface area contributed by atoms with Gasteiger partial charge in [0.25, 0.3) is 0 Å². The molecule has 0 bridgehead atoms. The van der Waals surface area contributed by atoms with Crippen LogP contribution in [0.15, 0.2) is 47.4 Å². The molecule has 0 aliphatic heterocycles. The fourth-order valence-electron chi connectivity index (χ4n) is 2.10. The van der Waals surface area contributed by atoms with Crippen LogP contribution in [0.1, 0.15) is 18.1 Å². The van der Waals surface area contributed by atoms with E-state index in [1.165, 1.54) is 11.6 Å². The zero-order valence-electron chi connectivity index (χ0n) is 13.0. The van der Waals surface area contributed by atoms with Crippen molar-refractivity contribution in [1.82, 2.24) is 0 Å². The van der Waals surface area contributed by atoms with Gasteiger partial charge in [-0.3, -0.25) is 0 Å². The van der Waals surface area contributed by atoms with Gasteiger partial charge in [0, 0.05) is 11.4 Å². The van der Waals surface area contributed by atoms with Crippen LogP contribution in [0.5, 0.6) is 0 Å². The third-order valence-corrected chi connectivity index (χ3v) is 4.63. The quantitative estimate of drug-likeness (QED) is 0.739. The third kappa shape index (κ3) is 4.75. The molecule has 122 valence electrons. The third-order valence-electron chi connectivity index (χ3n) is 3.37. The number of sulfonamides is 1. The summed E-state index contributed by atoms with van der Waals surface area (Å²) in [7, 11) is -3.76. The molecule has 4 N–H and O–H groups in total. The highest BCUT2D eigenvalue weighted by Crippen LogP contribution is 2.19. The maximum absolute atomic E-state index is 11.5. The van der Waals surface area contributed by atoms with E-state index in [1.807, 2.05) is 24.3 Å². The van der Waals surface area contributed by atoms with E-state index in [0.717, 1.165) is 12.1 Å². The largest absolute Gasteiger partial charge is 0.332 e. The summed E-state index contributed by atoms with van der Waals surface area (Å²) in [4.78, 5) is 0.0811. The molecule has 0 radical (unpaired) electrons. The van der Waals surface area contributed by atoms with Gasteiger partial charge in [0.15, 0.2) is 5.11 Å². The summed E-state index contributed by atoms with van der Waals surface area (Å²) in [5.74, 6) is 0. The molecule has 0 unspecified atom stereocenters. The van der Waals surface area contributed by atoms with Crippen LogP contribution < -0.4 is 15.8 Å². The minimum Gasteiger partial charge on any atom is -0.332 e. The molecule has 0 aliphatic rings. The minimum absolute atomic E-state index is 0.0811. The van der Waals surface area contributed by atoms with Crippen LogP contribution in [-0.2, 0) is 16.4 Å². The maximum atomic E-state index is 11.5. The second kappa shape index (κ2) is 7.08. The van der Waals surface area contributed by atoms with Crippen molar-refractivity contribution in [3.05, 3.63) is 53.6 Å². The van der Waals surface area contributed by atoms with E-state index in [1.54, 1.807) is 19.1 Å². The lowest BCUT2D eigenvalue weighted by Crippen LogP contribution is -2.20. The summed E-state index contributed by atoms with van der Waals surface area (Å²) in [6.07, 6.45) is 0.975. The molecule has 2 aromatic rings. The van der Waals surface area contributed by atoms with Crippen LogP contribution in [0.3, 0.4) is 0 Å². The Morgan fingerprint density at radius 3 is 2.22 bits per heavy atom. The molecule has 5 nitrogen and oxygen atoms in total. The van der Waals surface area contributed by atoms with Crippen molar-refractivity contribution in [3.63, 3.8) is 0 Å². The lowest BCUT2D eigenvalue weighted by atomic mass is 10.1. The SMILES string of the molecule is CCc1ccc(NC(=S)Nc2ccc(C)c(S(N)(=O)=O)c2)cc1. The molecular formula is C16H19N3O2S2. The van der Waals surface area contributed by atoms with Gasteiger partial charge in [0.2, 0.25) is 10.0 Å². The summed E-state index contributed by atoms with van der Waals surface area (Å²) >= 11 is 5.25. The van der Waals surface area contributed by atoms with Crippen LogP contribution in [0, 0.1) is 6.92 Å². The first-order valence-electron chi connectivity index (χ1n) is 7.10. The highest BCUT2D eigenvalue weighted by Gasteiger charge is 2.12. The van der Waals surface area contributed by atoms with Gasteiger partial charge in [-0.05, 0) is 61.0 Å². The number of anilines is 2. The number of benzene rings is 2. The van der Waals surface area contributed by atoms with E-state index in [4.69, 9.17) is 17.4 Å². The van der Waals surface area contributed by atoms with Gasteiger partial charge in [-0.1, -0.05) is 25.1 Å². The summed E-state index contributed by atoms with van der Waals surface area (Å²) in [5, 5.41) is 11.6.